The lowest BCUT2D eigenvalue weighted by Gasteiger charge is -2.16. The van der Waals surface area contributed by atoms with E-state index in [2.05, 4.69) is 22.1 Å². The number of hydrogen-bond acceptors (Lipinski definition) is 8. The number of methoxy groups -OCH3 is 1. The molecule has 1 N–H and O–H groups in total. The van der Waals surface area contributed by atoms with Crippen LogP contribution in [0.3, 0.4) is 0 Å². The standard InChI is InChI=1S/C27H30ClFN4O4S2/c1-4-13-33-24(16(2)37-20-12-11-17(29)14-19(20)28)31-32-27(33)38-15-22(34)30-25-23(26(35)36-3)18-9-7-5-6-8-10-21(18)39-25/h4,11-12,14,16H,1,5-10,13,15H2,2-3H3,(H,30,34). The second-order valence-corrected chi connectivity index (χ2v) is 11.5. The third-order valence-corrected chi connectivity index (χ3v) is 8.73. The highest BCUT2D eigenvalue weighted by Crippen LogP contribution is 2.38. The van der Waals surface area contributed by atoms with Gasteiger partial charge in [-0.25, -0.2) is 9.18 Å². The number of carbonyl (C=O) groups excluding carboxylic acids is 2. The molecule has 8 nitrogen and oxygen atoms in total. The Morgan fingerprint density at radius 1 is 1.28 bits per heavy atom. The number of thiophene rings is 1. The van der Waals surface area contributed by atoms with E-state index < -0.39 is 17.9 Å². The lowest BCUT2D eigenvalue weighted by Crippen LogP contribution is -2.17. The molecule has 1 amide bonds. The lowest BCUT2D eigenvalue weighted by molar-refractivity contribution is -0.113. The van der Waals surface area contributed by atoms with Crippen molar-refractivity contribution in [2.24, 2.45) is 0 Å². The molecule has 0 radical (unpaired) electrons. The lowest BCUT2D eigenvalue weighted by atomic mass is 9.96. The van der Waals surface area contributed by atoms with E-state index in [1.165, 1.54) is 48.4 Å². The van der Waals surface area contributed by atoms with E-state index in [0.717, 1.165) is 49.0 Å². The number of halogens is 2. The third-order valence-electron chi connectivity index (χ3n) is 6.26. The molecular formula is C27H30ClFN4O4S2. The Bertz CT molecular complexity index is 1360. The first-order valence-corrected chi connectivity index (χ1v) is 14.8. The fourth-order valence-corrected chi connectivity index (χ4v) is 6.70. The van der Waals surface area contributed by atoms with Gasteiger partial charge in [-0.1, -0.05) is 42.3 Å². The van der Waals surface area contributed by atoms with Crippen molar-refractivity contribution in [3.05, 3.63) is 63.5 Å². The molecule has 4 rings (SSSR count). The molecule has 1 aliphatic rings. The molecule has 2 heterocycles. The number of fused-ring (bicyclic) bond motifs is 1. The molecular weight excluding hydrogens is 563 g/mol. The van der Waals surface area contributed by atoms with Crippen LogP contribution in [0, 0.1) is 5.82 Å². The van der Waals surface area contributed by atoms with Crippen molar-refractivity contribution >= 4 is 51.6 Å². The number of benzene rings is 1. The molecule has 39 heavy (non-hydrogen) atoms. The molecule has 1 aromatic carbocycles. The first-order valence-electron chi connectivity index (χ1n) is 12.6. The minimum atomic E-state index is -0.559. The summed E-state index contributed by atoms with van der Waals surface area (Å²) in [7, 11) is 1.36. The molecule has 0 saturated carbocycles. The predicted octanol–water partition coefficient (Wildman–Crippen LogP) is 6.63. The van der Waals surface area contributed by atoms with Gasteiger partial charge in [-0.15, -0.1) is 28.1 Å². The molecule has 0 fully saturated rings. The summed E-state index contributed by atoms with van der Waals surface area (Å²) in [4.78, 5) is 26.8. The highest BCUT2D eigenvalue weighted by molar-refractivity contribution is 7.99. The Hall–Kier alpha value is -2.89. The van der Waals surface area contributed by atoms with Crippen LogP contribution in [0.2, 0.25) is 5.02 Å². The van der Waals surface area contributed by atoms with Crippen LogP contribution in [0.5, 0.6) is 5.75 Å². The van der Waals surface area contributed by atoms with Gasteiger partial charge in [-0.2, -0.15) is 0 Å². The van der Waals surface area contributed by atoms with Gasteiger partial charge in [-0.05, 0) is 56.4 Å². The van der Waals surface area contributed by atoms with E-state index >= 15 is 0 Å². The zero-order chi connectivity index (χ0) is 27.9. The molecule has 0 saturated heterocycles. The van der Waals surface area contributed by atoms with Crippen molar-refractivity contribution in [1.82, 2.24) is 14.8 Å². The summed E-state index contributed by atoms with van der Waals surface area (Å²) in [5.74, 6) is -0.280. The van der Waals surface area contributed by atoms with Crippen LogP contribution < -0.4 is 10.1 Å². The first-order chi connectivity index (χ1) is 18.8. The summed E-state index contributed by atoms with van der Waals surface area (Å²) in [6, 6.07) is 3.90. The van der Waals surface area contributed by atoms with Crippen molar-refractivity contribution in [3.8, 4) is 5.75 Å². The van der Waals surface area contributed by atoms with E-state index in [4.69, 9.17) is 21.1 Å². The Balaban J connectivity index is 1.47. The van der Waals surface area contributed by atoms with Crippen LogP contribution in [0.1, 0.15) is 65.3 Å². The quantitative estimate of drug-likeness (QED) is 0.160. The number of hydrogen-bond donors (Lipinski definition) is 1. The molecule has 1 unspecified atom stereocenters. The second-order valence-electron chi connectivity index (χ2n) is 9.03. The van der Waals surface area contributed by atoms with E-state index in [-0.39, 0.29) is 16.7 Å². The number of rotatable bonds is 10. The number of carbonyl (C=O) groups is 2. The molecule has 0 aliphatic heterocycles. The van der Waals surface area contributed by atoms with Crippen molar-refractivity contribution in [1.29, 1.82) is 0 Å². The molecule has 1 aliphatic carbocycles. The Kier molecular flexibility index (Phi) is 10.0. The molecule has 0 spiro atoms. The zero-order valence-corrected chi connectivity index (χ0v) is 24.2. The van der Waals surface area contributed by atoms with Gasteiger partial charge in [0.1, 0.15) is 16.6 Å². The van der Waals surface area contributed by atoms with Crippen LogP contribution in [0.4, 0.5) is 9.39 Å². The van der Waals surface area contributed by atoms with Crippen molar-refractivity contribution in [2.75, 3.05) is 18.2 Å². The Morgan fingerprint density at radius 3 is 2.77 bits per heavy atom. The number of aryl methyl sites for hydroxylation is 1. The Labute approximate surface area is 239 Å². The molecule has 12 heteroatoms. The largest absolute Gasteiger partial charge is 0.481 e. The van der Waals surface area contributed by atoms with Gasteiger partial charge in [0, 0.05) is 11.4 Å². The minimum absolute atomic E-state index is 0.0531. The van der Waals surface area contributed by atoms with Crippen molar-refractivity contribution in [3.63, 3.8) is 0 Å². The summed E-state index contributed by atoms with van der Waals surface area (Å²) < 4.78 is 26.2. The maximum atomic E-state index is 13.4. The summed E-state index contributed by atoms with van der Waals surface area (Å²) in [5.41, 5.74) is 1.47. The van der Waals surface area contributed by atoms with Crippen LogP contribution in [-0.2, 0) is 28.9 Å². The zero-order valence-electron chi connectivity index (χ0n) is 21.8. The fraction of sp³-hybridized carbons (Fsp3) is 0.407. The van der Waals surface area contributed by atoms with Crippen LogP contribution in [-0.4, -0.2) is 39.5 Å². The number of aromatic nitrogens is 3. The van der Waals surface area contributed by atoms with Gasteiger partial charge in [0.15, 0.2) is 17.1 Å². The van der Waals surface area contributed by atoms with Crippen LogP contribution in [0.25, 0.3) is 0 Å². The summed E-state index contributed by atoms with van der Waals surface area (Å²) in [6.07, 6.45) is 7.19. The smallest absolute Gasteiger partial charge is 0.341 e. The number of thioether (sulfide) groups is 1. The van der Waals surface area contributed by atoms with Gasteiger partial charge in [0.05, 0.1) is 23.4 Å². The summed E-state index contributed by atoms with van der Waals surface area (Å²) >= 11 is 8.78. The van der Waals surface area contributed by atoms with Crippen LogP contribution >= 0.6 is 34.7 Å². The highest BCUT2D eigenvalue weighted by Gasteiger charge is 2.26. The monoisotopic (exact) mass is 592 g/mol. The molecule has 3 aromatic rings. The number of ether oxygens (including phenoxy) is 2. The topological polar surface area (TPSA) is 95.3 Å². The van der Waals surface area contributed by atoms with E-state index in [1.807, 2.05) is 0 Å². The SMILES string of the molecule is C=CCn1c(SCC(=O)Nc2sc3c(c2C(=O)OC)CCCCCC3)nnc1C(C)Oc1ccc(F)cc1Cl. The van der Waals surface area contributed by atoms with Gasteiger partial charge >= 0.3 is 5.97 Å². The van der Waals surface area contributed by atoms with Crippen LogP contribution in [0.15, 0.2) is 36.0 Å². The van der Waals surface area contributed by atoms with E-state index in [1.54, 1.807) is 17.6 Å². The van der Waals surface area contributed by atoms with Crippen molar-refractivity contribution < 1.29 is 23.5 Å². The minimum Gasteiger partial charge on any atom is -0.481 e. The first kappa shape index (κ1) is 29.1. The normalized spacial score (nSPS) is 14.1. The third kappa shape index (κ3) is 7.01. The second kappa shape index (κ2) is 13.5. The number of amides is 1. The Morgan fingerprint density at radius 2 is 2.05 bits per heavy atom. The number of esters is 1. The summed E-state index contributed by atoms with van der Waals surface area (Å²) in [5, 5.41) is 12.6. The number of nitrogens with zero attached hydrogens (tertiary/aromatic N) is 3. The number of nitrogens with one attached hydrogen (secondary N) is 1. The van der Waals surface area contributed by atoms with E-state index in [0.29, 0.717) is 33.8 Å². The van der Waals surface area contributed by atoms with Gasteiger partial charge in [-0.3, -0.25) is 9.36 Å². The van der Waals surface area contributed by atoms with Crippen molar-refractivity contribution in [2.45, 2.75) is 63.3 Å². The maximum Gasteiger partial charge on any atom is 0.341 e. The van der Waals surface area contributed by atoms with E-state index in [9.17, 15) is 14.0 Å². The fourth-order valence-electron chi connectivity index (χ4n) is 4.44. The molecule has 0 bridgehead atoms. The van der Waals surface area contributed by atoms with Gasteiger partial charge in [0.25, 0.3) is 0 Å². The highest BCUT2D eigenvalue weighted by atomic mass is 35.5. The maximum absolute atomic E-state index is 13.4. The van der Waals surface area contributed by atoms with Gasteiger partial charge < -0.3 is 14.8 Å². The van der Waals surface area contributed by atoms with Gasteiger partial charge in [0.2, 0.25) is 5.91 Å². The molecule has 2 aromatic heterocycles. The number of allylic oxidation sites excluding steroid dienone is 1. The predicted molar refractivity (Wildman–Crippen MR) is 152 cm³/mol. The number of anilines is 1. The molecule has 1 atom stereocenters. The molecule has 208 valence electrons. The average Bonchev–Trinajstić information content (AvgIpc) is 3.44. The summed E-state index contributed by atoms with van der Waals surface area (Å²) in [6.45, 7) is 5.97. The average molecular weight is 593 g/mol.